The molecular formula is C14H17NO4S. The molecule has 1 aromatic rings. The molecule has 20 heavy (non-hydrogen) atoms. The Morgan fingerprint density at radius 1 is 1.50 bits per heavy atom. The number of nitrogens with zero attached hydrogens (tertiary/aromatic N) is 1. The van der Waals surface area contributed by atoms with Crippen LogP contribution in [0.3, 0.4) is 0 Å². The predicted molar refractivity (Wildman–Crippen MR) is 76.6 cm³/mol. The first-order valence-corrected chi connectivity index (χ1v) is 6.83. The smallest absolute Gasteiger partial charge is 0.307 e. The van der Waals surface area contributed by atoms with E-state index >= 15 is 0 Å². The zero-order chi connectivity index (χ0) is 15.1. The first-order chi connectivity index (χ1) is 9.49. The largest absolute Gasteiger partial charge is 0.469 e. The normalized spacial score (nSPS) is 9.60. The Morgan fingerprint density at radius 3 is 2.80 bits per heavy atom. The number of aryl methyl sites for hydroxylation is 1. The lowest BCUT2D eigenvalue weighted by Crippen LogP contribution is -2.28. The minimum atomic E-state index is -0.346. The van der Waals surface area contributed by atoms with Crippen molar-refractivity contribution in [2.24, 2.45) is 0 Å². The second-order valence-corrected chi connectivity index (χ2v) is 5.19. The van der Waals surface area contributed by atoms with E-state index in [1.807, 2.05) is 6.92 Å². The summed E-state index contributed by atoms with van der Waals surface area (Å²) in [6.45, 7) is 1.96. The number of amides is 1. The predicted octanol–water partition coefficient (Wildman–Crippen LogP) is 1.04. The van der Waals surface area contributed by atoms with Crippen molar-refractivity contribution in [3.05, 3.63) is 21.4 Å². The van der Waals surface area contributed by atoms with Gasteiger partial charge in [0.05, 0.1) is 23.3 Å². The molecule has 0 aliphatic rings. The van der Waals surface area contributed by atoms with E-state index in [4.69, 9.17) is 5.11 Å². The van der Waals surface area contributed by atoms with Crippen LogP contribution in [0.5, 0.6) is 0 Å². The number of hydrogen-bond donors (Lipinski definition) is 1. The summed E-state index contributed by atoms with van der Waals surface area (Å²) in [5.74, 6) is 4.87. The van der Waals surface area contributed by atoms with Gasteiger partial charge in [-0.05, 0) is 18.6 Å². The molecule has 0 atom stereocenters. The number of methoxy groups -OCH3 is 1. The van der Waals surface area contributed by atoms with Gasteiger partial charge >= 0.3 is 5.97 Å². The minimum Gasteiger partial charge on any atom is -0.469 e. The maximum absolute atomic E-state index is 12.2. The maximum Gasteiger partial charge on any atom is 0.307 e. The summed E-state index contributed by atoms with van der Waals surface area (Å²) in [5.41, 5.74) is 0.903. The SMILES string of the molecule is COC(=O)CCN(C)C(=O)c1cc(C)c(C#CCO)s1. The Kier molecular flexibility index (Phi) is 6.22. The Labute approximate surface area is 122 Å². The van der Waals surface area contributed by atoms with Gasteiger partial charge in [-0.2, -0.15) is 0 Å². The van der Waals surface area contributed by atoms with Crippen LogP contribution in [-0.4, -0.2) is 49.2 Å². The summed E-state index contributed by atoms with van der Waals surface area (Å²) in [4.78, 5) is 26.0. The van der Waals surface area contributed by atoms with Crippen molar-refractivity contribution in [2.75, 3.05) is 27.3 Å². The first kappa shape index (κ1) is 16.2. The number of esters is 1. The Bertz CT molecular complexity index is 553. The molecule has 0 aromatic carbocycles. The Hall–Kier alpha value is -1.84. The summed E-state index contributed by atoms with van der Waals surface area (Å²) in [7, 11) is 2.96. The van der Waals surface area contributed by atoms with Gasteiger partial charge in [0.15, 0.2) is 0 Å². The zero-order valence-corrected chi connectivity index (χ0v) is 12.5. The van der Waals surface area contributed by atoms with Gasteiger partial charge in [0.1, 0.15) is 6.61 Å². The lowest BCUT2D eigenvalue weighted by Gasteiger charge is -2.15. The van der Waals surface area contributed by atoms with Crippen LogP contribution in [0, 0.1) is 18.8 Å². The molecule has 1 amide bonds. The van der Waals surface area contributed by atoms with Gasteiger partial charge in [-0.25, -0.2) is 0 Å². The first-order valence-electron chi connectivity index (χ1n) is 6.02. The van der Waals surface area contributed by atoms with Crippen molar-refractivity contribution in [2.45, 2.75) is 13.3 Å². The quantitative estimate of drug-likeness (QED) is 0.665. The van der Waals surface area contributed by atoms with Gasteiger partial charge in [-0.15, -0.1) is 11.3 Å². The zero-order valence-electron chi connectivity index (χ0n) is 11.7. The van der Waals surface area contributed by atoms with E-state index in [0.29, 0.717) is 11.4 Å². The van der Waals surface area contributed by atoms with E-state index in [1.54, 1.807) is 13.1 Å². The van der Waals surface area contributed by atoms with Crippen molar-refractivity contribution in [3.8, 4) is 11.8 Å². The number of rotatable bonds is 4. The summed E-state index contributed by atoms with van der Waals surface area (Å²) in [6, 6.07) is 1.77. The van der Waals surface area contributed by atoms with Crippen LogP contribution in [0.1, 0.15) is 26.5 Å². The Balaban J connectivity index is 2.74. The summed E-state index contributed by atoms with van der Waals surface area (Å²) < 4.78 is 4.54. The topological polar surface area (TPSA) is 66.8 Å². The molecule has 0 saturated heterocycles. The highest BCUT2D eigenvalue weighted by Gasteiger charge is 2.16. The van der Waals surface area contributed by atoms with Crippen molar-refractivity contribution in [1.29, 1.82) is 0 Å². The van der Waals surface area contributed by atoms with Crippen molar-refractivity contribution in [1.82, 2.24) is 4.90 Å². The molecule has 1 rings (SSSR count). The molecule has 0 spiro atoms. The molecule has 0 aliphatic heterocycles. The van der Waals surface area contributed by atoms with Gasteiger partial charge in [0.25, 0.3) is 5.91 Å². The monoisotopic (exact) mass is 295 g/mol. The molecule has 0 aliphatic carbocycles. The molecule has 0 unspecified atom stereocenters. The van der Waals surface area contributed by atoms with E-state index in [0.717, 1.165) is 10.4 Å². The molecule has 0 saturated carbocycles. The third-order valence-electron chi connectivity index (χ3n) is 2.64. The summed E-state index contributed by atoms with van der Waals surface area (Å²) in [6.07, 6.45) is 0.167. The number of aliphatic hydroxyl groups is 1. The third kappa shape index (κ3) is 4.37. The van der Waals surface area contributed by atoms with E-state index in [9.17, 15) is 9.59 Å². The highest BCUT2D eigenvalue weighted by atomic mass is 32.1. The number of aliphatic hydroxyl groups excluding tert-OH is 1. The molecule has 6 heteroatoms. The standard InChI is InChI=1S/C14H17NO4S/c1-10-9-12(20-11(10)5-4-8-16)14(18)15(2)7-6-13(17)19-3/h9,16H,6-8H2,1-3H3. The highest BCUT2D eigenvalue weighted by molar-refractivity contribution is 7.14. The number of carbonyl (C=O) groups excluding carboxylic acids is 2. The van der Waals surface area contributed by atoms with Crippen LogP contribution in [0.2, 0.25) is 0 Å². The van der Waals surface area contributed by atoms with Crippen molar-refractivity contribution < 1.29 is 19.4 Å². The molecule has 1 heterocycles. The second kappa shape index (κ2) is 7.68. The molecule has 0 radical (unpaired) electrons. The summed E-state index contributed by atoms with van der Waals surface area (Å²) >= 11 is 1.28. The van der Waals surface area contributed by atoms with Crippen molar-refractivity contribution >= 4 is 23.2 Å². The molecule has 1 N–H and O–H groups in total. The number of thiophene rings is 1. The van der Waals surface area contributed by atoms with Gasteiger partial charge in [0, 0.05) is 13.6 Å². The second-order valence-electron chi connectivity index (χ2n) is 4.14. The van der Waals surface area contributed by atoms with E-state index in [1.165, 1.54) is 23.3 Å². The van der Waals surface area contributed by atoms with E-state index in [-0.39, 0.29) is 24.9 Å². The fourth-order valence-corrected chi connectivity index (χ4v) is 2.52. The lowest BCUT2D eigenvalue weighted by atomic mass is 10.2. The van der Waals surface area contributed by atoms with E-state index in [2.05, 4.69) is 16.6 Å². The average Bonchev–Trinajstić information content (AvgIpc) is 2.82. The van der Waals surface area contributed by atoms with Crippen molar-refractivity contribution in [3.63, 3.8) is 0 Å². The molecule has 1 aromatic heterocycles. The molecule has 0 bridgehead atoms. The van der Waals surface area contributed by atoms with E-state index < -0.39 is 0 Å². The molecule has 0 fully saturated rings. The maximum atomic E-state index is 12.2. The minimum absolute atomic E-state index is 0.154. The average molecular weight is 295 g/mol. The summed E-state index contributed by atoms with van der Waals surface area (Å²) in [5, 5.41) is 8.68. The fourth-order valence-electron chi connectivity index (χ4n) is 1.48. The number of carbonyl (C=O) groups is 2. The van der Waals surface area contributed by atoms with Gasteiger partial charge < -0.3 is 14.7 Å². The van der Waals surface area contributed by atoms with Crippen LogP contribution in [0.4, 0.5) is 0 Å². The number of hydrogen-bond acceptors (Lipinski definition) is 5. The van der Waals surface area contributed by atoms with Gasteiger partial charge in [-0.3, -0.25) is 9.59 Å². The Morgan fingerprint density at radius 2 is 2.20 bits per heavy atom. The molecular weight excluding hydrogens is 278 g/mol. The van der Waals surface area contributed by atoms with Crippen LogP contribution in [0.15, 0.2) is 6.07 Å². The molecule has 5 nitrogen and oxygen atoms in total. The van der Waals surface area contributed by atoms with Crippen LogP contribution in [-0.2, 0) is 9.53 Å². The lowest BCUT2D eigenvalue weighted by molar-refractivity contribution is -0.140. The van der Waals surface area contributed by atoms with Crippen LogP contribution >= 0.6 is 11.3 Å². The fraction of sp³-hybridized carbons (Fsp3) is 0.429. The molecule has 108 valence electrons. The van der Waals surface area contributed by atoms with Crippen LogP contribution < -0.4 is 0 Å². The third-order valence-corrected chi connectivity index (χ3v) is 3.78. The van der Waals surface area contributed by atoms with Crippen LogP contribution in [0.25, 0.3) is 0 Å². The van der Waals surface area contributed by atoms with Gasteiger partial charge in [0.2, 0.25) is 0 Å². The highest BCUT2D eigenvalue weighted by Crippen LogP contribution is 2.22. The van der Waals surface area contributed by atoms with Gasteiger partial charge in [-0.1, -0.05) is 11.8 Å². The number of ether oxygens (including phenoxy) is 1.